The van der Waals surface area contributed by atoms with E-state index in [1.807, 2.05) is 61.5 Å². The summed E-state index contributed by atoms with van der Waals surface area (Å²) in [5, 5.41) is 2.89. The minimum absolute atomic E-state index is 0.0312. The lowest BCUT2D eigenvalue weighted by Crippen LogP contribution is -2.37. The first kappa shape index (κ1) is 13.3. The summed E-state index contributed by atoms with van der Waals surface area (Å²) in [5.74, 6) is -0.0857. The Morgan fingerprint density at radius 1 is 1.11 bits per heavy atom. The second-order valence-corrected chi connectivity index (χ2v) is 4.52. The van der Waals surface area contributed by atoms with E-state index in [1.165, 1.54) is 0 Å². The van der Waals surface area contributed by atoms with Gasteiger partial charge in [-0.05, 0) is 24.1 Å². The van der Waals surface area contributed by atoms with E-state index in [0.29, 0.717) is 12.1 Å². The summed E-state index contributed by atoms with van der Waals surface area (Å²) in [6.45, 7) is 2.32. The first-order valence-corrected chi connectivity index (χ1v) is 6.37. The van der Waals surface area contributed by atoms with Crippen LogP contribution in [-0.4, -0.2) is 18.5 Å². The van der Waals surface area contributed by atoms with Crippen LogP contribution in [0.25, 0.3) is 11.1 Å². The second kappa shape index (κ2) is 6.16. The summed E-state index contributed by atoms with van der Waals surface area (Å²) in [5.41, 5.74) is 8.18. The van der Waals surface area contributed by atoms with Crippen molar-refractivity contribution in [3.63, 3.8) is 0 Å². The number of hydrogen-bond acceptors (Lipinski definition) is 2. The van der Waals surface area contributed by atoms with Crippen molar-refractivity contribution >= 4 is 5.91 Å². The average molecular weight is 254 g/mol. The van der Waals surface area contributed by atoms with E-state index in [0.717, 1.165) is 11.1 Å². The van der Waals surface area contributed by atoms with Gasteiger partial charge in [-0.25, -0.2) is 0 Å². The van der Waals surface area contributed by atoms with Crippen LogP contribution in [0.3, 0.4) is 0 Å². The zero-order chi connectivity index (χ0) is 13.7. The molecule has 0 spiro atoms. The summed E-state index contributed by atoms with van der Waals surface area (Å²) < 4.78 is 0. The highest BCUT2D eigenvalue weighted by Crippen LogP contribution is 2.23. The highest BCUT2D eigenvalue weighted by atomic mass is 16.1. The average Bonchev–Trinajstić information content (AvgIpc) is 2.48. The van der Waals surface area contributed by atoms with E-state index in [4.69, 9.17) is 5.73 Å². The molecule has 1 atom stereocenters. The largest absolute Gasteiger partial charge is 0.348 e. The Kier molecular flexibility index (Phi) is 4.31. The maximum Gasteiger partial charge on any atom is 0.252 e. The number of carbonyl (C=O) groups excluding carboxylic acids is 1. The molecule has 0 saturated heterocycles. The van der Waals surface area contributed by atoms with Crippen molar-refractivity contribution in [2.75, 3.05) is 6.54 Å². The highest BCUT2D eigenvalue weighted by Gasteiger charge is 2.13. The van der Waals surface area contributed by atoms with Gasteiger partial charge in [0.2, 0.25) is 0 Å². The van der Waals surface area contributed by atoms with Gasteiger partial charge < -0.3 is 11.1 Å². The third-order valence-corrected chi connectivity index (χ3v) is 2.99. The Hall–Kier alpha value is -2.13. The molecule has 3 N–H and O–H groups in total. The number of nitrogens with one attached hydrogen (secondary N) is 1. The van der Waals surface area contributed by atoms with Crippen LogP contribution in [0.1, 0.15) is 17.3 Å². The van der Waals surface area contributed by atoms with Gasteiger partial charge in [-0.2, -0.15) is 0 Å². The molecule has 0 aromatic heterocycles. The van der Waals surface area contributed by atoms with Gasteiger partial charge in [0, 0.05) is 18.2 Å². The van der Waals surface area contributed by atoms with Crippen LogP contribution in [-0.2, 0) is 0 Å². The lowest BCUT2D eigenvalue weighted by Gasteiger charge is -2.14. The minimum atomic E-state index is -0.0857. The maximum absolute atomic E-state index is 12.2. The molecule has 0 radical (unpaired) electrons. The van der Waals surface area contributed by atoms with Crippen LogP contribution in [0.2, 0.25) is 0 Å². The number of benzene rings is 2. The van der Waals surface area contributed by atoms with Gasteiger partial charge in [-0.15, -0.1) is 0 Å². The molecule has 19 heavy (non-hydrogen) atoms. The van der Waals surface area contributed by atoms with Gasteiger partial charge in [0.15, 0.2) is 0 Å². The molecule has 2 rings (SSSR count). The van der Waals surface area contributed by atoms with Crippen LogP contribution in [0.15, 0.2) is 54.6 Å². The molecule has 0 aliphatic rings. The predicted molar refractivity (Wildman–Crippen MR) is 77.9 cm³/mol. The number of carbonyl (C=O) groups is 1. The molecule has 98 valence electrons. The first-order chi connectivity index (χ1) is 9.22. The van der Waals surface area contributed by atoms with E-state index < -0.39 is 0 Å². The van der Waals surface area contributed by atoms with Crippen molar-refractivity contribution < 1.29 is 4.79 Å². The lowest BCUT2D eigenvalue weighted by molar-refractivity contribution is 0.0942. The van der Waals surface area contributed by atoms with Gasteiger partial charge in [0.25, 0.3) is 5.91 Å². The van der Waals surface area contributed by atoms with Crippen molar-refractivity contribution in [2.45, 2.75) is 13.0 Å². The molecule has 0 saturated carbocycles. The smallest absolute Gasteiger partial charge is 0.252 e. The molecule has 2 aromatic rings. The Morgan fingerprint density at radius 2 is 1.74 bits per heavy atom. The Balaban J connectivity index is 2.34. The summed E-state index contributed by atoms with van der Waals surface area (Å²) in [6, 6.07) is 17.5. The fourth-order valence-electron chi connectivity index (χ4n) is 1.91. The topological polar surface area (TPSA) is 55.1 Å². The molecule has 0 unspecified atom stereocenters. The third kappa shape index (κ3) is 3.20. The van der Waals surface area contributed by atoms with Crippen LogP contribution in [0, 0.1) is 0 Å². The molecular weight excluding hydrogens is 236 g/mol. The molecule has 0 heterocycles. The summed E-state index contributed by atoms with van der Waals surface area (Å²) in [4.78, 5) is 12.2. The van der Waals surface area contributed by atoms with Gasteiger partial charge >= 0.3 is 0 Å². The normalized spacial score (nSPS) is 11.9. The summed E-state index contributed by atoms with van der Waals surface area (Å²) >= 11 is 0. The highest BCUT2D eigenvalue weighted by molar-refractivity contribution is 6.01. The number of rotatable bonds is 4. The fraction of sp³-hybridized carbons (Fsp3) is 0.188. The van der Waals surface area contributed by atoms with E-state index >= 15 is 0 Å². The van der Waals surface area contributed by atoms with Crippen molar-refractivity contribution in [1.82, 2.24) is 5.32 Å². The molecule has 3 heteroatoms. The summed E-state index contributed by atoms with van der Waals surface area (Å²) in [6.07, 6.45) is 0. The van der Waals surface area contributed by atoms with Crippen LogP contribution < -0.4 is 11.1 Å². The molecule has 0 fully saturated rings. The Morgan fingerprint density at radius 3 is 2.42 bits per heavy atom. The van der Waals surface area contributed by atoms with Crippen LogP contribution >= 0.6 is 0 Å². The third-order valence-electron chi connectivity index (χ3n) is 2.99. The SMILES string of the molecule is C[C@@H](CN)NC(=O)c1ccccc1-c1ccccc1. The fourth-order valence-corrected chi connectivity index (χ4v) is 1.91. The van der Waals surface area contributed by atoms with Crippen LogP contribution in [0.4, 0.5) is 0 Å². The molecule has 0 bridgehead atoms. The molecular formula is C16H18N2O. The van der Waals surface area contributed by atoms with Gasteiger partial charge in [-0.1, -0.05) is 48.5 Å². The zero-order valence-electron chi connectivity index (χ0n) is 11.0. The monoisotopic (exact) mass is 254 g/mol. The van der Waals surface area contributed by atoms with E-state index in [9.17, 15) is 4.79 Å². The minimum Gasteiger partial charge on any atom is -0.348 e. The molecule has 2 aromatic carbocycles. The van der Waals surface area contributed by atoms with Crippen molar-refractivity contribution in [2.24, 2.45) is 5.73 Å². The molecule has 3 nitrogen and oxygen atoms in total. The standard InChI is InChI=1S/C16H18N2O/c1-12(11-17)18-16(19)15-10-6-5-9-14(15)13-7-3-2-4-8-13/h2-10,12H,11,17H2,1H3,(H,18,19)/t12-/m0/s1. The van der Waals surface area contributed by atoms with Gasteiger partial charge in [-0.3, -0.25) is 4.79 Å². The van der Waals surface area contributed by atoms with Crippen LogP contribution in [0.5, 0.6) is 0 Å². The number of nitrogens with two attached hydrogens (primary N) is 1. The van der Waals surface area contributed by atoms with Crippen molar-refractivity contribution in [3.8, 4) is 11.1 Å². The van der Waals surface area contributed by atoms with Crippen molar-refractivity contribution in [1.29, 1.82) is 0 Å². The van der Waals surface area contributed by atoms with E-state index in [2.05, 4.69) is 5.32 Å². The first-order valence-electron chi connectivity index (χ1n) is 6.37. The van der Waals surface area contributed by atoms with Gasteiger partial charge in [0.05, 0.1) is 0 Å². The molecule has 0 aliphatic heterocycles. The predicted octanol–water partition coefficient (Wildman–Crippen LogP) is 2.43. The van der Waals surface area contributed by atoms with E-state index in [1.54, 1.807) is 0 Å². The van der Waals surface area contributed by atoms with Gasteiger partial charge in [0.1, 0.15) is 0 Å². The second-order valence-electron chi connectivity index (χ2n) is 4.52. The maximum atomic E-state index is 12.2. The number of amides is 1. The van der Waals surface area contributed by atoms with Crippen molar-refractivity contribution in [3.05, 3.63) is 60.2 Å². The Bertz CT molecular complexity index is 552. The van der Waals surface area contributed by atoms with E-state index in [-0.39, 0.29) is 11.9 Å². The molecule has 1 amide bonds. The lowest BCUT2D eigenvalue weighted by atomic mass is 9.99. The quantitative estimate of drug-likeness (QED) is 0.880. The summed E-state index contributed by atoms with van der Waals surface area (Å²) in [7, 11) is 0. The number of hydrogen-bond donors (Lipinski definition) is 2. The Labute approximate surface area is 113 Å². The molecule has 0 aliphatic carbocycles. The zero-order valence-corrected chi connectivity index (χ0v) is 11.0.